The summed E-state index contributed by atoms with van der Waals surface area (Å²) in [6, 6.07) is 9.95. The highest BCUT2D eigenvalue weighted by Gasteiger charge is 2.24. The highest BCUT2D eigenvalue weighted by atomic mass is 16.2. The maximum atomic E-state index is 12.3. The molecule has 138 valence electrons. The van der Waals surface area contributed by atoms with Crippen LogP contribution in [0.15, 0.2) is 30.3 Å². The molecule has 3 N–H and O–H groups in total. The van der Waals surface area contributed by atoms with Gasteiger partial charge in [-0.05, 0) is 36.7 Å². The number of nitrogens with two attached hydrogens (primary N) is 1. The lowest BCUT2D eigenvalue weighted by Crippen LogP contribution is -2.49. The monoisotopic (exact) mass is 345 g/mol. The minimum Gasteiger partial charge on any atom is -0.346 e. The van der Waals surface area contributed by atoms with E-state index in [1.807, 2.05) is 24.8 Å². The molecule has 1 aliphatic rings. The molecule has 0 bridgehead atoms. The Kier molecular flexibility index (Phi) is 7.44. The van der Waals surface area contributed by atoms with E-state index in [4.69, 9.17) is 5.73 Å². The van der Waals surface area contributed by atoms with Gasteiger partial charge in [0.15, 0.2) is 0 Å². The van der Waals surface area contributed by atoms with Crippen molar-refractivity contribution in [2.45, 2.75) is 45.6 Å². The second-order valence-electron chi connectivity index (χ2n) is 7.14. The van der Waals surface area contributed by atoms with Gasteiger partial charge in [0.25, 0.3) is 0 Å². The lowest BCUT2D eigenvalue weighted by Gasteiger charge is -2.32. The number of hydrogen-bond donors (Lipinski definition) is 2. The van der Waals surface area contributed by atoms with Gasteiger partial charge in [-0.15, -0.1) is 0 Å². The molecule has 1 heterocycles. The van der Waals surface area contributed by atoms with Crippen molar-refractivity contribution < 1.29 is 9.59 Å². The minimum atomic E-state index is -0.547. The van der Waals surface area contributed by atoms with Gasteiger partial charge in [0, 0.05) is 13.1 Å². The summed E-state index contributed by atoms with van der Waals surface area (Å²) in [6.45, 7) is 5.53. The van der Waals surface area contributed by atoms with Crippen LogP contribution >= 0.6 is 0 Å². The number of rotatable bonds is 7. The second kappa shape index (κ2) is 9.56. The molecule has 25 heavy (non-hydrogen) atoms. The molecule has 0 spiro atoms. The third-order valence-electron chi connectivity index (χ3n) is 5.31. The number of piperidine rings is 1. The molecular formula is C20H31N3O2. The van der Waals surface area contributed by atoms with E-state index in [-0.39, 0.29) is 24.3 Å². The fraction of sp³-hybridized carbons (Fsp3) is 0.600. The average Bonchev–Trinajstić information content (AvgIpc) is 2.66. The van der Waals surface area contributed by atoms with Crippen molar-refractivity contribution in [1.82, 2.24) is 10.2 Å². The molecule has 1 aromatic carbocycles. The fourth-order valence-electron chi connectivity index (χ4n) is 3.24. The summed E-state index contributed by atoms with van der Waals surface area (Å²) in [4.78, 5) is 26.1. The van der Waals surface area contributed by atoms with Crippen LogP contribution in [0.2, 0.25) is 0 Å². The fourth-order valence-corrected chi connectivity index (χ4v) is 3.24. The number of carbonyl (C=O) groups excluding carboxylic acids is 2. The molecule has 1 aliphatic heterocycles. The van der Waals surface area contributed by atoms with Gasteiger partial charge < -0.3 is 16.0 Å². The number of amides is 2. The molecule has 2 unspecified atom stereocenters. The van der Waals surface area contributed by atoms with Crippen molar-refractivity contribution >= 4 is 11.8 Å². The number of benzene rings is 1. The molecule has 2 atom stereocenters. The molecule has 5 heteroatoms. The topological polar surface area (TPSA) is 75.4 Å². The first-order valence-corrected chi connectivity index (χ1v) is 9.36. The van der Waals surface area contributed by atoms with Crippen molar-refractivity contribution in [2.75, 3.05) is 19.6 Å². The molecule has 5 nitrogen and oxygen atoms in total. The van der Waals surface area contributed by atoms with E-state index in [1.165, 1.54) is 5.56 Å². The standard InChI is InChI=1S/C20H31N3O2/c1-3-15(2)19(21)20(25)22-14-18(24)23-11-9-17(10-12-23)13-16-7-5-4-6-8-16/h4-8,15,17,19H,3,9-14,21H2,1-2H3,(H,22,25). The highest BCUT2D eigenvalue weighted by Crippen LogP contribution is 2.21. The molecule has 0 saturated carbocycles. The van der Waals surface area contributed by atoms with E-state index < -0.39 is 6.04 Å². The van der Waals surface area contributed by atoms with Crippen LogP contribution < -0.4 is 11.1 Å². The Labute approximate surface area is 151 Å². The van der Waals surface area contributed by atoms with Gasteiger partial charge in [-0.2, -0.15) is 0 Å². The van der Waals surface area contributed by atoms with Gasteiger partial charge >= 0.3 is 0 Å². The maximum absolute atomic E-state index is 12.3. The van der Waals surface area contributed by atoms with Gasteiger partial charge in [-0.25, -0.2) is 0 Å². The molecule has 1 saturated heterocycles. The first-order chi connectivity index (χ1) is 12.0. The van der Waals surface area contributed by atoms with Crippen molar-refractivity contribution in [1.29, 1.82) is 0 Å². The van der Waals surface area contributed by atoms with Crippen molar-refractivity contribution in [3.05, 3.63) is 35.9 Å². The van der Waals surface area contributed by atoms with Crippen LogP contribution in [0, 0.1) is 11.8 Å². The molecule has 0 aliphatic carbocycles. The summed E-state index contributed by atoms with van der Waals surface area (Å²) in [6.07, 6.45) is 3.95. The molecule has 0 aromatic heterocycles. The van der Waals surface area contributed by atoms with Gasteiger partial charge in [0.05, 0.1) is 12.6 Å². The number of nitrogens with zero attached hydrogens (tertiary/aromatic N) is 1. The normalized spacial score (nSPS) is 17.8. The van der Waals surface area contributed by atoms with Crippen LogP contribution in [-0.2, 0) is 16.0 Å². The predicted molar refractivity (Wildman–Crippen MR) is 99.9 cm³/mol. The zero-order valence-electron chi connectivity index (χ0n) is 15.4. The molecule has 2 amide bonds. The van der Waals surface area contributed by atoms with Gasteiger partial charge in [0.2, 0.25) is 11.8 Å². The summed E-state index contributed by atoms with van der Waals surface area (Å²) >= 11 is 0. The Bertz CT molecular complexity index is 553. The van der Waals surface area contributed by atoms with E-state index in [0.29, 0.717) is 5.92 Å². The van der Waals surface area contributed by atoms with Crippen LogP contribution in [0.3, 0.4) is 0 Å². The largest absolute Gasteiger partial charge is 0.346 e. The zero-order valence-corrected chi connectivity index (χ0v) is 15.4. The van der Waals surface area contributed by atoms with E-state index >= 15 is 0 Å². The van der Waals surface area contributed by atoms with Crippen molar-refractivity contribution in [2.24, 2.45) is 17.6 Å². The molecule has 0 radical (unpaired) electrons. The Morgan fingerprint density at radius 3 is 2.48 bits per heavy atom. The van der Waals surface area contributed by atoms with E-state index in [9.17, 15) is 9.59 Å². The predicted octanol–water partition coefficient (Wildman–Crippen LogP) is 1.96. The van der Waals surface area contributed by atoms with Crippen LogP contribution in [0.4, 0.5) is 0 Å². The van der Waals surface area contributed by atoms with E-state index in [0.717, 1.165) is 38.8 Å². The third kappa shape index (κ3) is 5.85. The molecule has 2 rings (SSSR count). The lowest BCUT2D eigenvalue weighted by atomic mass is 9.90. The van der Waals surface area contributed by atoms with Crippen LogP contribution in [0.25, 0.3) is 0 Å². The number of nitrogens with one attached hydrogen (secondary N) is 1. The average molecular weight is 345 g/mol. The Morgan fingerprint density at radius 1 is 1.24 bits per heavy atom. The van der Waals surface area contributed by atoms with Gasteiger partial charge in [0.1, 0.15) is 0 Å². The number of likely N-dealkylation sites (tertiary alicyclic amines) is 1. The van der Waals surface area contributed by atoms with Crippen molar-refractivity contribution in [3.8, 4) is 0 Å². The van der Waals surface area contributed by atoms with Gasteiger partial charge in [-0.3, -0.25) is 9.59 Å². The highest BCUT2D eigenvalue weighted by molar-refractivity contribution is 5.87. The number of hydrogen-bond acceptors (Lipinski definition) is 3. The van der Waals surface area contributed by atoms with Crippen molar-refractivity contribution in [3.63, 3.8) is 0 Å². The van der Waals surface area contributed by atoms with E-state index in [1.54, 1.807) is 0 Å². The second-order valence-corrected chi connectivity index (χ2v) is 7.14. The summed E-state index contributed by atoms with van der Waals surface area (Å²) in [5.74, 6) is 0.494. The smallest absolute Gasteiger partial charge is 0.241 e. The van der Waals surface area contributed by atoms with Crippen LogP contribution in [0.1, 0.15) is 38.7 Å². The SMILES string of the molecule is CCC(C)C(N)C(=O)NCC(=O)N1CCC(Cc2ccccc2)CC1. The Morgan fingerprint density at radius 2 is 1.88 bits per heavy atom. The molecular weight excluding hydrogens is 314 g/mol. The van der Waals surface area contributed by atoms with E-state index in [2.05, 4.69) is 29.6 Å². The zero-order chi connectivity index (χ0) is 18.2. The molecule has 1 aromatic rings. The lowest BCUT2D eigenvalue weighted by molar-refractivity contribution is -0.134. The summed E-state index contributed by atoms with van der Waals surface area (Å²) in [7, 11) is 0. The third-order valence-corrected chi connectivity index (χ3v) is 5.31. The number of carbonyl (C=O) groups is 2. The van der Waals surface area contributed by atoms with Crippen LogP contribution in [-0.4, -0.2) is 42.4 Å². The maximum Gasteiger partial charge on any atom is 0.241 e. The Hall–Kier alpha value is -1.88. The summed E-state index contributed by atoms with van der Waals surface area (Å²) < 4.78 is 0. The van der Waals surface area contributed by atoms with Gasteiger partial charge in [-0.1, -0.05) is 50.6 Å². The summed E-state index contributed by atoms with van der Waals surface area (Å²) in [5.41, 5.74) is 7.25. The first kappa shape index (κ1) is 19.4. The molecule has 1 fully saturated rings. The first-order valence-electron chi connectivity index (χ1n) is 9.36. The minimum absolute atomic E-state index is 0.0112. The van der Waals surface area contributed by atoms with Crippen LogP contribution in [0.5, 0.6) is 0 Å². The quantitative estimate of drug-likeness (QED) is 0.793. The summed E-state index contributed by atoms with van der Waals surface area (Å²) in [5, 5.41) is 2.69. The Balaban J connectivity index is 1.71.